The highest BCUT2D eigenvalue weighted by Crippen LogP contribution is 2.34. The van der Waals surface area contributed by atoms with Gasteiger partial charge >= 0.3 is 6.09 Å². The highest BCUT2D eigenvalue weighted by atomic mass is 127. The Hall–Kier alpha value is -0.770. The van der Waals surface area contributed by atoms with Crippen molar-refractivity contribution < 1.29 is 9.53 Å². The second-order valence-corrected chi connectivity index (χ2v) is 7.44. The van der Waals surface area contributed by atoms with Crippen LogP contribution in [0.4, 0.5) is 4.79 Å². The molecule has 148 valence electrons. The number of hydrogen-bond donors (Lipinski definition) is 3. The standard InChI is InChI=1S/C17H35N5O2.HI/c1-7-18-15(21-12-14(22(5)6)13-8-9-13)19-10-11-20-16(23)24-17(2,3)4;/h13-14H,7-12H2,1-6H3,(H,20,23)(H2,18,19,21);1H. The summed E-state index contributed by atoms with van der Waals surface area (Å²) in [4.78, 5) is 18.5. The van der Waals surface area contributed by atoms with Crippen LogP contribution in [-0.2, 0) is 4.74 Å². The Morgan fingerprint density at radius 2 is 1.80 bits per heavy atom. The van der Waals surface area contributed by atoms with Crippen molar-refractivity contribution in [2.45, 2.75) is 52.2 Å². The summed E-state index contributed by atoms with van der Waals surface area (Å²) in [6, 6.07) is 0.500. The minimum Gasteiger partial charge on any atom is -0.444 e. The number of ether oxygens (including phenoxy) is 1. The lowest BCUT2D eigenvalue weighted by Crippen LogP contribution is -2.43. The van der Waals surface area contributed by atoms with E-state index in [0.29, 0.717) is 19.1 Å². The van der Waals surface area contributed by atoms with Gasteiger partial charge in [-0.05, 0) is 60.5 Å². The smallest absolute Gasteiger partial charge is 0.407 e. The van der Waals surface area contributed by atoms with Gasteiger partial charge in [0, 0.05) is 25.7 Å². The number of likely N-dealkylation sites (N-methyl/N-ethyl adjacent to an activating group) is 1. The summed E-state index contributed by atoms with van der Waals surface area (Å²) >= 11 is 0. The van der Waals surface area contributed by atoms with Gasteiger partial charge in [0.05, 0.1) is 6.54 Å². The molecule has 1 fully saturated rings. The van der Waals surface area contributed by atoms with Crippen LogP contribution in [0.2, 0.25) is 0 Å². The Balaban J connectivity index is 0.00000576. The summed E-state index contributed by atoms with van der Waals surface area (Å²) in [6.45, 7) is 10.3. The second-order valence-electron chi connectivity index (χ2n) is 7.44. The van der Waals surface area contributed by atoms with Crippen molar-refractivity contribution in [3.63, 3.8) is 0 Å². The Morgan fingerprint density at radius 1 is 1.20 bits per heavy atom. The molecule has 0 spiro atoms. The van der Waals surface area contributed by atoms with E-state index in [4.69, 9.17) is 4.74 Å². The van der Waals surface area contributed by atoms with Crippen LogP contribution < -0.4 is 16.0 Å². The van der Waals surface area contributed by atoms with Crippen LogP contribution in [0.5, 0.6) is 0 Å². The van der Waals surface area contributed by atoms with Gasteiger partial charge in [-0.1, -0.05) is 0 Å². The van der Waals surface area contributed by atoms with Crippen LogP contribution in [0.1, 0.15) is 40.5 Å². The van der Waals surface area contributed by atoms with Crippen molar-refractivity contribution >= 4 is 36.0 Å². The molecule has 0 saturated heterocycles. The highest BCUT2D eigenvalue weighted by molar-refractivity contribution is 14.0. The van der Waals surface area contributed by atoms with Crippen LogP contribution in [0.3, 0.4) is 0 Å². The molecule has 1 atom stereocenters. The molecule has 1 unspecified atom stereocenters. The third-order valence-corrected chi connectivity index (χ3v) is 3.70. The van der Waals surface area contributed by atoms with Gasteiger partial charge in [-0.3, -0.25) is 4.99 Å². The number of aliphatic imine (C=N–C) groups is 1. The number of nitrogens with zero attached hydrogens (tertiary/aromatic N) is 2. The van der Waals surface area contributed by atoms with Gasteiger partial charge in [-0.2, -0.15) is 0 Å². The first-order valence-electron chi connectivity index (χ1n) is 8.88. The van der Waals surface area contributed by atoms with Gasteiger partial charge in [0.2, 0.25) is 0 Å². The predicted molar refractivity (Wildman–Crippen MR) is 114 cm³/mol. The zero-order valence-corrected chi connectivity index (χ0v) is 18.8. The lowest BCUT2D eigenvalue weighted by Gasteiger charge is -2.23. The summed E-state index contributed by atoms with van der Waals surface area (Å²) in [5, 5.41) is 9.21. The number of hydrogen-bond acceptors (Lipinski definition) is 4. The number of nitrogens with one attached hydrogen (secondary N) is 3. The zero-order chi connectivity index (χ0) is 18.2. The minimum absolute atomic E-state index is 0. The van der Waals surface area contributed by atoms with Gasteiger partial charge in [-0.25, -0.2) is 4.79 Å². The summed E-state index contributed by atoms with van der Waals surface area (Å²) in [7, 11) is 4.23. The second kappa shape index (κ2) is 11.8. The van der Waals surface area contributed by atoms with E-state index in [2.05, 4.69) is 39.9 Å². The lowest BCUT2D eigenvalue weighted by atomic mass is 10.2. The molecule has 8 heteroatoms. The fourth-order valence-corrected chi connectivity index (χ4v) is 2.40. The lowest BCUT2D eigenvalue weighted by molar-refractivity contribution is 0.0529. The van der Waals surface area contributed by atoms with Gasteiger partial charge in [-0.15, -0.1) is 24.0 Å². The number of halogens is 1. The number of carbonyl (C=O) groups excluding carboxylic acids is 1. The van der Waals surface area contributed by atoms with Crippen molar-refractivity contribution in [2.24, 2.45) is 10.9 Å². The van der Waals surface area contributed by atoms with E-state index in [1.807, 2.05) is 27.7 Å². The molecule has 0 aliphatic heterocycles. The molecule has 1 aliphatic rings. The number of amides is 1. The van der Waals surface area contributed by atoms with E-state index in [1.54, 1.807) is 0 Å². The molecule has 1 rings (SSSR count). The highest BCUT2D eigenvalue weighted by Gasteiger charge is 2.32. The van der Waals surface area contributed by atoms with Crippen LogP contribution >= 0.6 is 24.0 Å². The quantitative estimate of drug-likeness (QED) is 0.220. The molecule has 25 heavy (non-hydrogen) atoms. The third kappa shape index (κ3) is 11.5. The fourth-order valence-electron chi connectivity index (χ4n) is 2.40. The van der Waals surface area contributed by atoms with E-state index in [0.717, 1.165) is 25.0 Å². The Morgan fingerprint density at radius 3 is 2.28 bits per heavy atom. The van der Waals surface area contributed by atoms with Crippen molar-refractivity contribution in [1.29, 1.82) is 0 Å². The number of guanidine groups is 1. The maximum Gasteiger partial charge on any atom is 0.407 e. The normalized spacial score (nSPS) is 16.0. The third-order valence-electron chi connectivity index (χ3n) is 3.70. The molecule has 1 saturated carbocycles. The average Bonchev–Trinajstić information content (AvgIpc) is 3.26. The topological polar surface area (TPSA) is 78.0 Å². The molecule has 0 radical (unpaired) electrons. The van der Waals surface area contributed by atoms with Crippen LogP contribution in [0, 0.1) is 5.92 Å². The van der Waals surface area contributed by atoms with E-state index < -0.39 is 11.7 Å². The summed E-state index contributed by atoms with van der Waals surface area (Å²) < 4.78 is 5.20. The van der Waals surface area contributed by atoms with Crippen LogP contribution in [-0.4, -0.2) is 68.9 Å². The maximum absolute atomic E-state index is 11.6. The first kappa shape index (κ1) is 24.2. The van der Waals surface area contributed by atoms with E-state index in [1.165, 1.54) is 12.8 Å². The molecular formula is C17H36IN5O2. The fraction of sp³-hybridized carbons (Fsp3) is 0.882. The molecule has 1 aliphatic carbocycles. The summed E-state index contributed by atoms with van der Waals surface area (Å²) in [5.74, 6) is 1.57. The van der Waals surface area contributed by atoms with Crippen molar-refractivity contribution in [3.05, 3.63) is 0 Å². The first-order chi connectivity index (χ1) is 11.2. The molecule has 0 aromatic rings. The number of rotatable bonds is 8. The van der Waals surface area contributed by atoms with E-state index >= 15 is 0 Å². The average molecular weight is 469 g/mol. The molecule has 7 nitrogen and oxygen atoms in total. The molecule has 0 bridgehead atoms. The van der Waals surface area contributed by atoms with Crippen molar-refractivity contribution in [1.82, 2.24) is 20.9 Å². The first-order valence-corrected chi connectivity index (χ1v) is 8.88. The van der Waals surface area contributed by atoms with Crippen molar-refractivity contribution in [3.8, 4) is 0 Å². The predicted octanol–water partition coefficient (Wildman–Crippen LogP) is 2.02. The van der Waals surface area contributed by atoms with Gasteiger partial charge in [0.1, 0.15) is 5.60 Å². The molecule has 0 aromatic heterocycles. The number of alkyl carbamates (subject to hydrolysis) is 1. The summed E-state index contributed by atoms with van der Waals surface area (Å²) in [6.07, 6.45) is 2.22. The summed E-state index contributed by atoms with van der Waals surface area (Å²) in [5.41, 5.74) is -0.474. The molecule has 3 N–H and O–H groups in total. The molecule has 1 amide bonds. The van der Waals surface area contributed by atoms with E-state index in [9.17, 15) is 4.79 Å². The van der Waals surface area contributed by atoms with Gasteiger partial charge in [0.15, 0.2) is 5.96 Å². The Kier molecular flexibility index (Phi) is 11.4. The minimum atomic E-state index is -0.474. The van der Waals surface area contributed by atoms with Crippen LogP contribution in [0.25, 0.3) is 0 Å². The van der Waals surface area contributed by atoms with Crippen LogP contribution in [0.15, 0.2) is 4.99 Å². The monoisotopic (exact) mass is 469 g/mol. The number of carbonyl (C=O) groups is 1. The van der Waals surface area contributed by atoms with Gasteiger partial charge < -0.3 is 25.6 Å². The van der Waals surface area contributed by atoms with Gasteiger partial charge in [0.25, 0.3) is 0 Å². The largest absolute Gasteiger partial charge is 0.444 e. The SMILES string of the molecule is CCNC(=NCC(C1CC1)N(C)C)NCCNC(=O)OC(C)(C)C.I. The molecular weight excluding hydrogens is 433 g/mol. The molecule has 0 aromatic carbocycles. The van der Waals surface area contributed by atoms with Crippen molar-refractivity contribution in [2.75, 3.05) is 40.3 Å². The Bertz CT molecular complexity index is 418. The molecule has 0 heterocycles. The maximum atomic E-state index is 11.6. The zero-order valence-electron chi connectivity index (χ0n) is 16.5. The van der Waals surface area contributed by atoms with E-state index in [-0.39, 0.29) is 24.0 Å². The Labute approximate surface area is 169 Å².